The molecular weight excluding hydrogens is 586 g/mol. The maximum absolute atomic E-state index is 12.5. The van der Waals surface area contributed by atoms with E-state index in [1.807, 2.05) is 0 Å². The predicted octanol–water partition coefficient (Wildman–Crippen LogP) is 10.5. The van der Waals surface area contributed by atoms with Crippen LogP contribution in [0, 0.1) is 0 Å². The summed E-state index contributed by atoms with van der Waals surface area (Å²) in [5, 5.41) is 43.5. The highest BCUT2D eigenvalue weighted by molar-refractivity contribution is 5.80. The van der Waals surface area contributed by atoms with E-state index in [2.05, 4.69) is 19.2 Å². The number of nitrogens with one attached hydrogen (secondary N) is 1. The molecule has 0 saturated heterocycles. The predicted molar refractivity (Wildman–Crippen MR) is 201 cm³/mol. The molecule has 5 N–H and O–H groups in total. The van der Waals surface area contributed by atoms with Crippen LogP contribution < -0.4 is 5.32 Å². The number of hydrogen-bond acceptors (Lipinski definition) is 5. The number of unbranched alkanes of at least 4 members (excludes halogenated alkanes) is 29. The second kappa shape index (κ2) is 36.6. The summed E-state index contributed by atoms with van der Waals surface area (Å²) >= 11 is 0. The van der Waals surface area contributed by atoms with E-state index in [1.165, 1.54) is 161 Å². The van der Waals surface area contributed by atoms with Crippen molar-refractivity contribution in [2.75, 3.05) is 6.61 Å². The Balaban J connectivity index is 3.68. The van der Waals surface area contributed by atoms with E-state index < -0.39 is 36.9 Å². The molecule has 0 bridgehead atoms. The molecule has 0 aromatic carbocycles. The minimum absolute atomic E-state index is 0.375. The van der Waals surface area contributed by atoms with Gasteiger partial charge in [-0.15, -0.1) is 0 Å². The maximum atomic E-state index is 12.5. The van der Waals surface area contributed by atoms with Gasteiger partial charge in [-0.2, -0.15) is 0 Å². The number of carbonyl (C=O) groups excluding carboxylic acids is 1. The molecule has 0 aliphatic carbocycles. The maximum Gasteiger partial charge on any atom is 0.249 e. The fraction of sp³-hybridized carbons (Fsp3) is 0.976. The van der Waals surface area contributed by atoms with Gasteiger partial charge in [0, 0.05) is 0 Å². The van der Waals surface area contributed by atoms with Crippen LogP contribution in [0.25, 0.3) is 0 Å². The van der Waals surface area contributed by atoms with Crippen molar-refractivity contribution >= 4 is 5.91 Å². The topological polar surface area (TPSA) is 110 Å². The van der Waals surface area contributed by atoms with Crippen LogP contribution in [0.15, 0.2) is 0 Å². The lowest BCUT2D eigenvalue weighted by Gasteiger charge is -2.27. The zero-order chi connectivity index (χ0) is 34.6. The highest BCUT2D eigenvalue weighted by Gasteiger charge is 2.28. The van der Waals surface area contributed by atoms with Crippen molar-refractivity contribution < 1.29 is 25.2 Å². The van der Waals surface area contributed by atoms with Gasteiger partial charge in [0.1, 0.15) is 12.2 Å². The van der Waals surface area contributed by atoms with Crippen molar-refractivity contribution in [3.63, 3.8) is 0 Å². The molecule has 0 spiro atoms. The molecular formula is C41H83NO5. The minimum atomic E-state index is -1.25. The zero-order valence-electron chi connectivity index (χ0n) is 31.5. The van der Waals surface area contributed by atoms with E-state index in [9.17, 15) is 25.2 Å². The van der Waals surface area contributed by atoms with Gasteiger partial charge < -0.3 is 25.7 Å². The fourth-order valence-electron chi connectivity index (χ4n) is 6.70. The van der Waals surface area contributed by atoms with Gasteiger partial charge in [-0.05, 0) is 12.8 Å². The molecule has 0 radical (unpaired) electrons. The van der Waals surface area contributed by atoms with Gasteiger partial charge in [0.15, 0.2) is 0 Å². The van der Waals surface area contributed by atoms with Crippen molar-refractivity contribution in [3.8, 4) is 0 Å². The molecule has 0 aliphatic heterocycles. The quantitative estimate of drug-likeness (QED) is 0.0420. The van der Waals surface area contributed by atoms with E-state index in [-0.39, 0.29) is 0 Å². The van der Waals surface area contributed by atoms with Crippen LogP contribution in [-0.2, 0) is 4.79 Å². The Morgan fingerprint density at radius 3 is 1.02 bits per heavy atom. The Morgan fingerprint density at radius 2 is 0.723 bits per heavy atom. The molecule has 4 atom stereocenters. The van der Waals surface area contributed by atoms with E-state index >= 15 is 0 Å². The van der Waals surface area contributed by atoms with Gasteiger partial charge in [-0.25, -0.2) is 0 Å². The first-order valence-corrected chi connectivity index (χ1v) is 20.9. The molecule has 0 rings (SSSR count). The van der Waals surface area contributed by atoms with Crippen LogP contribution in [0.3, 0.4) is 0 Å². The van der Waals surface area contributed by atoms with Gasteiger partial charge in [-0.3, -0.25) is 4.79 Å². The zero-order valence-corrected chi connectivity index (χ0v) is 31.5. The third-order valence-electron chi connectivity index (χ3n) is 10.1. The van der Waals surface area contributed by atoms with Crippen LogP contribution in [0.1, 0.15) is 226 Å². The SMILES string of the molecule is CCCCCCCCCCCCCCCCCCCCCC[C@H](O)C(=O)N[C@@H](CO)[C@H](O)[C@H](O)CCCCCCCCCCCCC. The Labute approximate surface area is 292 Å². The van der Waals surface area contributed by atoms with E-state index in [0.717, 1.165) is 38.5 Å². The summed E-state index contributed by atoms with van der Waals surface area (Å²) in [6, 6.07) is -0.977. The molecule has 0 aromatic heterocycles. The number of hydrogen-bond donors (Lipinski definition) is 5. The van der Waals surface area contributed by atoms with Gasteiger partial charge in [0.05, 0.1) is 18.8 Å². The van der Waals surface area contributed by atoms with Gasteiger partial charge >= 0.3 is 0 Å². The Morgan fingerprint density at radius 1 is 0.447 bits per heavy atom. The monoisotopic (exact) mass is 670 g/mol. The van der Waals surface area contributed by atoms with Crippen LogP contribution in [0.5, 0.6) is 0 Å². The lowest BCUT2D eigenvalue weighted by Crippen LogP contribution is -2.53. The molecule has 0 saturated carbocycles. The number of aliphatic hydroxyl groups is 4. The molecule has 0 heterocycles. The normalized spacial score (nSPS) is 14.3. The van der Waals surface area contributed by atoms with Crippen molar-refractivity contribution in [2.45, 2.75) is 250 Å². The van der Waals surface area contributed by atoms with Gasteiger partial charge in [-0.1, -0.05) is 213 Å². The molecule has 6 heteroatoms. The molecule has 0 fully saturated rings. The number of amides is 1. The van der Waals surface area contributed by atoms with Gasteiger partial charge in [0.2, 0.25) is 5.91 Å². The van der Waals surface area contributed by atoms with E-state index in [4.69, 9.17) is 0 Å². The standard InChI is InChI=1S/C41H83NO5/c1-3-5-7-9-11-13-15-16-17-18-19-20-21-22-23-25-27-29-31-33-35-39(45)41(47)42-37(36-43)40(46)38(44)34-32-30-28-26-24-14-12-10-8-6-4-2/h37-40,43-46H,3-36H2,1-2H3,(H,42,47)/t37-,38+,39-,40-/m0/s1. The van der Waals surface area contributed by atoms with Crippen molar-refractivity contribution in [1.29, 1.82) is 0 Å². The molecule has 1 amide bonds. The Kier molecular flexibility index (Phi) is 36.0. The summed E-state index contributed by atoms with van der Waals surface area (Å²) < 4.78 is 0. The largest absolute Gasteiger partial charge is 0.394 e. The Hall–Kier alpha value is -0.690. The second-order valence-corrected chi connectivity index (χ2v) is 14.7. The van der Waals surface area contributed by atoms with Crippen LogP contribution in [0.2, 0.25) is 0 Å². The first-order chi connectivity index (χ1) is 23.0. The van der Waals surface area contributed by atoms with Crippen molar-refractivity contribution in [1.82, 2.24) is 5.32 Å². The summed E-state index contributed by atoms with van der Waals surface area (Å²) in [5.74, 6) is -0.581. The molecule has 282 valence electrons. The first-order valence-electron chi connectivity index (χ1n) is 20.9. The summed E-state index contributed by atoms with van der Waals surface area (Å²) in [6.07, 6.45) is 37.0. The van der Waals surface area contributed by atoms with Crippen LogP contribution in [-0.4, -0.2) is 57.3 Å². The average molecular weight is 670 g/mol. The molecule has 6 nitrogen and oxygen atoms in total. The van der Waals surface area contributed by atoms with Gasteiger partial charge in [0.25, 0.3) is 0 Å². The van der Waals surface area contributed by atoms with Crippen LogP contribution in [0.4, 0.5) is 0 Å². The summed E-state index contributed by atoms with van der Waals surface area (Å²) in [6.45, 7) is 4.04. The van der Waals surface area contributed by atoms with Crippen LogP contribution >= 0.6 is 0 Å². The summed E-state index contributed by atoms with van der Waals surface area (Å²) in [4.78, 5) is 12.5. The average Bonchev–Trinajstić information content (AvgIpc) is 3.07. The third-order valence-corrected chi connectivity index (χ3v) is 10.1. The van der Waals surface area contributed by atoms with Crippen molar-refractivity contribution in [3.05, 3.63) is 0 Å². The molecule has 0 aliphatic rings. The smallest absolute Gasteiger partial charge is 0.249 e. The first kappa shape index (κ1) is 46.3. The van der Waals surface area contributed by atoms with E-state index in [0.29, 0.717) is 12.8 Å². The third kappa shape index (κ3) is 31.1. The number of carbonyl (C=O) groups is 1. The summed E-state index contributed by atoms with van der Waals surface area (Å²) in [7, 11) is 0. The molecule has 0 unspecified atom stereocenters. The highest BCUT2D eigenvalue weighted by atomic mass is 16.3. The lowest BCUT2D eigenvalue weighted by molar-refractivity contribution is -0.132. The van der Waals surface area contributed by atoms with E-state index in [1.54, 1.807) is 0 Å². The molecule has 0 aromatic rings. The second-order valence-electron chi connectivity index (χ2n) is 14.7. The highest BCUT2D eigenvalue weighted by Crippen LogP contribution is 2.17. The lowest BCUT2D eigenvalue weighted by atomic mass is 9.99. The minimum Gasteiger partial charge on any atom is -0.394 e. The molecule has 47 heavy (non-hydrogen) atoms. The van der Waals surface area contributed by atoms with Crippen molar-refractivity contribution in [2.24, 2.45) is 0 Å². The Bertz CT molecular complexity index is 633. The fourth-order valence-corrected chi connectivity index (χ4v) is 6.70. The number of rotatable bonds is 38. The summed E-state index contributed by atoms with van der Waals surface area (Å²) in [5.41, 5.74) is 0. The number of aliphatic hydroxyl groups excluding tert-OH is 4.